The predicted octanol–water partition coefficient (Wildman–Crippen LogP) is 0.608. The molecule has 100 valence electrons. The molecule has 0 saturated carbocycles. The molecular formula is C10H13FN2O4S. The highest BCUT2D eigenvalue weighted by molar-refractivity contribution is 7.89. The van der Waals surface area contributed by atoms with Crippen LogP contribution in [-0.2, 0) is 14.8 Å². The molecule has 0 aliphatic heterocycles. The van der Waals surface area contributed by atoms with E-state index in [9.17, 15) is 17.6 Å². The second kappa shape index (κ2) is 5.40. The normalized spacial score (nSPS) is 15.1. The molecule has 1 aromatic rings. The lowest BCUT2D eigenvalue weighted by atomic mass is 10.1. The smallest absolute Gasteiger partial charge is 0.307 e. The largest absolute Gasteiger partial charge is 0.481 e. The van der Waals surface area contributed by atoms with Gasteiger partial charge in [-0.15, -0.1) is 0 Å². The van der Waals surface area contributed by atoms with Crippen LogP contribution in [0, 0.1) is 11.7 Å². The summed E-state index contributed by atoms with van der Waals surface area (Å²) in [5.41, 5.74) is 0. The SMILES string of the molecule is CC(NS(=O)(=O)c1cncc(F)c1)C(C)C(=O)O. The summed E-state index contributed by atoms with van der Waals surface area (Å²) >= 11 is 0. The van der Waals surface area contributed by atoms with Crippen LogP contribution >= 0.6 is 0 Å². The van der Waals surface area contributed by atoms with Crippen LogP contribution in [0.1, 0.15) is 13.8 Å². The van der Waals surface area contributed by atoms with Crippen LogP contribution in [0.2, 0.25) is 0 Å². The number of carboxylic acids is 1. The van der Waals surface area contributed by atoms with E-state index in [1.54, 1.807) is 0 Å². The number of carbonyl (C=O) groups is 1. The molecule has 0 fully saturated rings. The van der Waals surface area contributed by atoms with Gasteiger partial charge >= 0.3 is 5.97 Å². The highest BCUT2D eigenvalue weighted by Gasteiger charge is 2.25. The number of rotatable bonds is 5. The summed E-state index contributed by atoms with van der Waals surface area (Å²) in [7, 11) is -3.98. The van der Waals surface area contributed by atoms with Crippen LogP contribution in [0.25, 0.3) is 0 Å². The van der Waals surface area contributed by atoms with E-state index in [1.165, 1.54) is 13.8 Å². The van der Waals surface area contributed by atoms with Crippen molar-refractivity contribution in [3.8, 4) is 0 Å². The average molecular weight is 276 g/mol. The van der Waals surface area contributed by atoms with Gasteiger partial charge in [-0.2, -0.15) is 0 Å². The summed E-state index contributed by atoms with van der Waals surface area (Å²) in [5.74, 6) is -2.80. The molecule has 8 heteroatoms. The summed E-state index contributed by atoms with van der Waals surface area (Å²) < 4.78 is 38.7. The molecule has 0 aromatic carbocycles. The van der Waals surface area contributed by atoms with Crippen molar-refractivity contribution < 1.29 is 22.7 Å². The molecule has 2 atom stereocenters. The zero-order valence-electron chi connectivity index (χ0n) is 9.79. The van der Waals surface area contributed by atoms with Gasteiger partial charge in [0.05, 0.1) is 12.1 Å². The number of carboxylic acid groups (broad SMARTS) is 1. The topological polar surface area (TPSA) is 96.4 Å². The fraction of sp³-hybridized carbons (Fsp3) is 0.400. The van der Waals surface area contributed by atoms with Gasteiger partial charge in [0.15, 0.2) is 0 Å². The Bertz CT molecular complexity index is 547. The summed E-state index contributed by atoms with van der Waals surface area (Å²) in [6.07, 6.45) is 1.87. The van der Waals surface area contributed by atoms with E-state index < -0.39 is 33.8 Å². The van der Waals surface area contributed by atoms with Gasteiger partial charge in [-0.05, 0) is 13.0 Å². The number of hydrogen-bond acceptors (Lipinski definition) is 4. The Balaban J connectivity index is 2.92. The lowest BCUT2D eigenvalue weighted by Gasteiger charge is -2.17. The van der Waals surface area contributed by atoms with Crippen molar-refractivity contribution in [2.75, 3.05) is 0 Å². The van der Waals surface area contributed by atoms with Crippen LogP contribution in [-0.4, -0.2) is 30.5 Å². The summed E-state index contributed by atoms with van der Waals surface area (Å²) in [5, 5.41) is 8.76. The summed E-state index contributed by atoms with van der Waals surface area (Å²) in [6, 6.07) is -0.0104. The predicted molar refractivity (Wildman–Crippen MR) is 60.8 cm³/mol. The maximum atomic E-state index is 12.9. The van der Waals surface area contributed by atoms with Crippen LogP contribution in [0.4, 0.5) is 4.39 Å². The van der Waals surface area contributed by atoms with Gasteiger partial charge in [-0.1, -0.05) is 6.92 Å². The minimum atomic E-state index is -3.98. The van der Waals surface area contributed by atoms with E-state index in [2.05, 4.69) is 9.71 Å². The van der Waals surface area contributed by atoms with Crippen molar-refractivity contribution in [2.45, 2.75) is 24.8 Å². The third kappa shape index (κ3) is 3.47. The number of pyridine rings is 1. The number of nitrogens with zero attached hydrogens (tertiary/aromatic N) is 1. The first kappa shape index (κ1) is 14.5. The Morgan fingerprint density at radius 2 is 2.06 bits per heavy atom. The first-order valence-electron chi connectivity index (χ1n) is 5.09. The first-order valence-corrected chi connectivity index (χ1v) is 6.58. The van der Waals surface area contributed by atoms with Crippen molar-refractivity contribution in [1.29, 1.82) is 0 Å². The highest BCUT2D eigenvalue weighted by atomic mass is 32.2. The number of halogens is 1. The van der Waals surface area contributed by atoms with Gasteiger partial charge in [0.2, 0.25) is 10.0 Å². The van der Waals surface area contributed by atoms with E-state index in [1.807, 2.05) is 0 Å². The minimum absolute atomic E-state index is 0.341. The lowest BCUT2D eigenvalue weighted by Crippen LogP contribution is -2.40. The van der Waals surface area contributed by atoms with Crippen LogP contribution in [0.3, 0.4) is 0 Å². The second-order valence-electron chi connectivity index (χ2n) is 3.88. The van der Waals surface area contributed by atoms with Crippen LogP contribution in [0.5, 0.6) is 0 Å². The maximum absolute atomic E-state index is 12.9. The maximum Gasteiger partial charge on any atom is 0.307 e. The number of hydrogen-bond donors (Lipinski definition) is 2. The van der Waals surface area contributed by atoms with E-state index in [0.717, 1.165) is 18.5 Å². The molecule has 2 unspecified atom stereocenters. The van der Waals surface area contributed by atoms with Gasteiger partial charge in [0.25, 0.3) is 0 Å². The fourth-order valence-corrected chi connectivity index (χ4v) is 2.47. The zero-order valence-corrected chi connectivity index (χ0v) is 10.6. The van der Waals surface area contributed by atoms with E-state index in [-0.39, 0.29) is 4.90 Å². The molecule has 1 aromatic heterocycles. The molecule has 0 aliphatic carbocycles. The quantitative estimate of drug-likeness (QED) is 0.821. The third-order valence-corrected chi connectivity index (χ3v) is 4.00. The summed E-state index contributed by atoms with van der Waals surface area (Å²) in [4.78, 5) is 13.8. The molecule has 0 amide bonds. The van der Waals surface area contributed by atoms with Crippen LogP contribution in [0.15, 0.2) is 23.4 Å². The van der Waals surface area contributed by atoms with E-state index in [4.69, 9.17) is 5.11 Å². The molecule has 0 radical (unpaired) electrons. The molecule has 0 bridgehead atoms. The standard InChI is InChI=1S/C10H13FN2O4S/c1-6(10(14)15)7(2)13-18(16,17)9-3-8(11)4-12-5-9/h3-7,13H,1-2H3,(H,14,15). The summed E-state index contributed by atoms with van der Waals surface area (Å²) in [6.45, 7) is 2.79. The van der Waals surface area contributed by atoms with Gasteiger partial charge in [-0.3, -0.25) is 9.78 Å². The Kier molecular flexibility index (Phi) is 4.36. The Morgan fingerprint density at radius 3 is 2.56 bits per heavy atom. The zero-order chi connectivity index (χ0) is 13.9. The minimum Gasteiger partial charge on any atom is -0.481 e. The molecule has 18 heavy (non-hydrogen) atoms. The number of sulfonamides is 1. The van der Waals surface area contributed by atoms with Crippen molar-refractivity contribution in [2.24, 2.45) is 5.92 Å². The van der Waals surface area contributed by atoms with Crippen molar-refractivity contribution in [3.63, 3.8) is 0 Å². The average Bonchev–Trinajstić information content (AvgIpc) is 2.27. The van der Waals surface area contributed by atoms with Gasteiger partial charge in [0, 0.05) is 12.2 Å². The molecule has 0 aliphatic rings. The molecule has 1 heterocycles. The Labute approximate surface area is 104 Å². The number of aromatic nitrogens is 1. The highest BCUT2D eigenvalue weighted by Crippen LogP contribution is 2.11. The fourth-order valence-electron chi connectivity index (χ4n) is 1.17. The third-order valence-electron chi connectivity index (χ3n) is 2.47. The Morgan fingerprint density at radius 1 is 1.44 bits per heavy atom. The monoisotopic (exact) mass is 276 g/mol. The lowest BCUT2D eigenvalue weighted by molar-refractivity contribution is -0.141. The second-order valence-corrected chi connectivity index (χ2v) is 5.59. The van der Waals surface area contributed by atoms with Crippen molar-refractivity contribution in [3.05, 3.63) is 24.3 Å². The number of aliphatic carboxylic acids is 1. The van der Waals surface area contributed by atoms with E-state index in [0.29, 0.717) is 0 Å². The number of nitrogens with one attached hydrogen (secondary N) is 1. The van der Waals surface area contributed by atoms with E-state index >= 15 is 0 Å². The van der Waals surface area contributed by atoms with Gasteiger partial charge in [-0.25, -0.2) is 17.5 Å². The van der Waals surface area contributed by atoms with Gasteiger partial charge < -0.3 is 5.11 Å². The first-order chi connectivity index (χ1) is 8.24. The van der Waals surface area contributed by atoms with Crippen molar-refractivity contribution in [1.82, 2.24) is 9.71 Å². The molecule has 6 nitrogen and oxygen atoms in total. The molecular weight excluding hydrogens is 263 g/mol. The van der Waals surface area contributed by atoms with Gasteiger partial charge in [0.1, 0.15) is 10.7 Å². The Hall–Kier alpha value is -1.54. The van der Waals surface area contributed by atoms with Crippen molar-refractivity contribution >= 4 is 16.0 Å². The molecule has 0 saturated heterocycles. The van der Waals surface area contributed by atoms with Crippen LogP contribution < -0.4 is 4.72 Å². The molecule has 1 rings (SSSR count). The molecule has 0 spiro atoms. The molecule has 2 N–H and O–H groups in total.